The molecular weight excluding hydrogens is 576 g/mol. The maximum atomic E-state index is 7.08. The molecule has 0 aliphatic heterocycles. The third-order valence-corrected chi connectivity index (χ3v) is 9.01. The Bertz CT molecular complexity index is 1050. The molecule has 258 valence electrons. The van der Waals surface area contributed by atoms with Crippen LogP contribution in [0.1, 0.15) is 133 Å². The van der Waals surface area contributed by atoms with E-state index in [1.165, 1.54) is 83.5 Å². The highest BCUT2D eigenvalue weighted by Gasteiger charge is 2.38. The molecule has 3 aromatic rings. The normalized spacial score (nSPS) is 12.6. The van der Waals surface area contributed by atoms with Crippen LogP contribution in [0.2, 0.25) is 0 Å². The lowest BCUT2D eigenvalue weighted by Crippen LogP contribution is -2.37. The van der Waals surface area contributed by atoms with Crippen molar-refractivity contribution in [1.29, 1.82) is 0 Å². The maximum Gasteiger partial charge on any atom is 0.143 e. The van der Waals surface area contributed by atoms with E-state index in [0.29, 0.717) is 19.8 Å². The first-order chi connectivity index (χ1) is 23.3. The van der Waals surface area contributed by atoms with Crippen molar-refractivity contribution in [2.24, 2.45) is 0 Å². The fraction of sp³-hybridized carbons (Fsp3) is 0.545. The Morgan fingerprint density at radius 1 is 0.511 bits per heavy atom. The van der Waals surface area contributed by atoms with E-state index in [2.05, 4.69) is 117 Å². The molecule has 0 aliphatic carbocycles. The minimum atomic E-state index is -0.762. The standard InChI is InChI=1S/C44H64O3/c1-3-5-7-9-10-11-12-13-14-15-16-17-18-28-36-45-38-43(46-37-29-8-6-4-2)39-47-44(40-30-22-19-23-31-40,41-32-24-20-25-33-41)42-34-26-21-27-35-42/h6,8,19-27,30-35,43H,3-5,7,9-18,28-29,36-39H2,1-2H3. The zero-order valence-corrected chi connectivity index (χ0v) is 29.8. The predicted octanol–water partition coefficient (Wildman–Crippen LogP) is 12.2. The zero-order valence-electron chi connectivity index (χ0n) is 29.8. The average Bonchev–Trinajstić information content (AvgIpc) is 3.12. The van der Waals surface area contributed by atoms with Gasteiger partial charge in [-0.05, 0) is 36.0 Å². The van der Waals surface area contributed by atoms with Gasteiger partial charge >= 0.3 is 0 Å². The largest absolute Gasteiger partial charge is 0.379 e. The summed E-state index contributed by atoms with van der Waals surface area (Å²) < 4.78 is 19.7. The Balaban J connectivity index is 1.50. The molecule has 3 heteroatoms. The van der Waals surface area contributed by atoms with Crippen LogP contribution < -0.4 is 0 Å². The van der Waals surface area contributed by atoms with Gasteiger partial charge in [-0.3, -0.25) is 0 Å². The first-order valence-electron chi connectivity index (χ1n) is 19.0. The van der Waals surface area contributed by atoms with Crippen LogP contribution in [0.5, 0.6) is 0 Å². The minimum absolute atomic E-state index is 0.160. The molecule has 3 rings (SSSR count). The minimum Gasteiger partial charge on any atom is -0.379 e. The summed E-state index contributed by atoms with van der Waals surface area (Å²) >= 11 is 0. The summed E-state index contributed by atoms with van der Waals surface area (Å²) in [6.07, 6.45) is 25.3. The molecule has 0 N–H and O–H groups in total. The van der Waals surface area contributed by atoms with Gasteiger partial charge in [-0.2, -0.15) is 0 Å². The second-order valence-corrected chi connectivity index (χ2v) is 12.9. The van der Waals surface area contributed by atoms with Gasteiger partial charge in [0.25, 0.3) is 0 Å². The molecule has 0 spiro atoms. The number of hydrogen-bond donors (Lipinski definition) is 0. The highest BCUT2D eigenvalue weighted by molar-refractivity contribution is 5.47. The monoisotopic (exact) mass is 640 g/mol. The lowest BCUT2D eigenvalue weighted by atomic mass is 9.80. The van der Waals surface area contributed by atoms with Gasteiger partial charge in [0.2, 0.25) is 0 Å². The summed E-state index contributed by atoms with van der Waals surface area (Å²) in [4.78, 5) is 0. The zero-order chi connectivity index (χ0) is 33.1. The first-order valence-corrected chi connectivity index (χ1v) is 19.0. The molecule has 0 aromatic heterocycles. The van der Waals surface area contributed by atoms with Crippen molar-refractivity contribution < 1.29 is 14.2 Å². The van der Waals surface area contributed by atoms with E-state index < -0.39 is 5.60 Å². The molecular formula is C44H64O3. The molecule has 1 unspecified atom stereocenters. The van der Waals surface area contributed by atoms with E-state index in [-0.39, 0.29) is 6.10 Å². The number of rotatable bonds is 28. The molecule has 1 atom stereocenters. The highest BCUT2D eigenvalue weighted by Crippen LogP contribution is 2.40. The van der Waals surface area contributed by atoms with E-state index in [0.717, 1.165) is 42.6 Å². The van der Waals surface area contributed by atoms with Crippen molar-refractivity contribution in [3.05, 3.63) is 120 Å². The summed E-state index contributed by atoms with van der Waals surface area (Å²) in [5.74, 6) is 0. The number of unbranched alkanes of at least 4 members (excludes halogenated alkanes) is 13. The lowest BCUT2D eigenvalue weighted by Gasteiger charge is -2.37. The fourth-order valence-corrected chi connectivity index (χ4v) is 6.33. The SMILES string of the molecule is CCC=CCCOC(COCCCCCCCCCCCCCCCC)COC(c1ccccc1)(c1ccccc1)c1ccccc1. The van der Waals surface area contributed by atoms with Gasteiger partial charge in [-0.15, -0.1) is 0 Å². The van der Waals surface area contributed by atoms with Crippen molar-refractivity contribution in [3.8, 4) is 0 Å². The van der Waals surface area contributed by atoms with Crippen molar-refractivity contribution in [2.45, 2.75) is 128 Å². The van der Waals surface area contributed by atoms with E-state index in [9.17, 15) is 0 Å². The topological polar surface area (TPSA) is 27.7 Å². The van der Waals surface area contributed by atoms with Crippen molar-refractivity contribution in [3.63, 3.8) is 0 Å². The summed E-state index contributed by atoms with van der Waals surface area (Å²) in [5.41, 5.74) is 2.54. The van der Waals surface area contributed by atoms with Crippen LogP contribution in [-0.2, 0) is 19.8 Å². The van der Waals surface area contributed by atoms with Crippen LogP contribution in [0.15, 0.2) is 103 Å². The maximum absolute atomic E-state index is 7.08. The van der Waals surface area contributed by atoms with Crippen molar-refractivity contribution >= 4 is 0 Å². The van der Waals surface area contributed by atoms with Crippen LogP contribution in [0.3, 0.4) is 0 Å². The van der Waals surface area contributed by atoms with E-state index in [4.69, 9.17) is 14.2 Å². The molecule has 0 radical (unpaired) electrons. The molecule has 0 amide bonds. The van der Waals surface area contributed by atoms with Crippen molar-refractivity contribution in [1.82, 2.24) is 0 Å². The molecule has 3 nitrogen and oxygen atoms in total. The Kier molecular flexibility index (Phi) is 20.9. The van der Waals surface area contributed by atoms with Crippen LogP contribution in [0.25, 0.3) is 0 Å². The quantitative estimate of drug-likeness (QED) is 0.0449. The third kappa shape index (κ3) is 14.9. The molecule has 47 heavy (non-hydrogen) atoms. The van der Waals surface area contributed by atoms with E-state index in [1.807, 2.05) is 0 Å². The van der Waals surface area contributed by atoms with Gasteiger partial charge in [0.05, 0.1) is 19.8 Å². The molecule has 0 bridgehead atoms. The Hall–Kier alpha value is -2.72. The molecule has 3 aromatic carbocycles. The van der Waals surface area contributed by atoms with Crippen LogP contribution in [-0.4, -0.2) is 32.5 Å². The lowest BCUT2D eigenvalue weighted by molar-refractivity contribution is -0.0909. The van der Waals surface area contributed by atoms with Gasteiger partial charge in [0, 0.05) is 6.61 Å². The van der Waals surface area contributed by atoms with Gasteiger partial charge in [0.1, 0.15) is 11.7 Å². The Morgan fingerprint density at radius 2 is 0.957 bits per heavy atom. The van der Waals surface area contributed by atoms with Gasteiger partial charge in [-0.25, -0.2) is 0 Å². The molecule has 0 fully saturated rings. The number of benzene rings is 3. The highest BCUT2D eigenvalue weighted by atomic mass is 16.6. The Labute approximate surface area is 288 Å². The third-order valence-electron chi connectivity index (χ3n) is 9.01. The Morgan fingerprint density at radius 3 is 1.40 bits per heavy atom. The van der Waals surface area contributed by atoms with E-state index in [1.54, 1.807) is 0 Å². The van der Waals surface area contributed by atoms with E-state index >= 15 is 0 Å². The summed E-state index contributed by atoms with van der Waals surface area (Å²) in [6.45, 7) is 6.84. The van der Waals surface area contributed by atoms with Gasteiger partial charge < -0.3 is 14.2 Å². The second kappa shape index (κ2) is 25.3. The van der Waals surface area contributed by atoms with Crippen LogP contribution in [0, 0.1) is 0 Å². The van der Waals surface area contributed by atoms with Crippen molar-refractivity contribution in [2.75, 3.05) is 26.4 Å². The first kappa shape index (κ1) is 38.7. The van der Waals surface area contributed by atoms with Gasteiger partial charge in [0.15, 0.2) is 0 Å². The fourth-order valence-electron chi connectivity index (χ4n) is 6.33. The summed E-state index contributed by atoms with van der Waals surface area (Å²) in [6, 6.07) is 31.7. The number of ether oxygens (including phenoxy) is 3. The van der Waals surface area contributed by atoms with Gasteiger partial charge in [-0.1, -0.05) is 200 Å². The number of hydrogen-bond acceptors (Lipinski definition) is 3. The predicted molar refractivity (Wildman–Crippen MR) is 200 cm³/mol. The molecule has 0 heterocycles. The van der Waals surface area contributed by atoms with Crippen LogP contribution in [0.4, 0.5) is 0 Å². The molecule has 0 saturated carbocycles. The molecule has 0 saturated heterocycles. The second-order valence-electron chi connectivity index (χ2n) is 12.9. The van der Waals surface area contributed by atoms with Crippen LogP contribution >= 0.6 is 0 Å². The smallest absolute Gasteiger partial charge is 0.143 e. The average molecular weight is 641 g/mol. The summed E-state index contributed by atoms with van der Waals surface area (Å²) in [5, 5.41) is 0. The molecule has 0 aliphatic rings. The summed E-state index contributed by atoms with van der Waals surface area (Å²) in [7, 11) is 0. The number of allylic oxidation sites excluding steroid dienone is 1.